The molecule has 1 N–H and O–H groups in total. The fourth-order valence-corrected chi connectivity index (χ4v) is 4.24. The molecule has 5 nitrogen and oxygen atoms in total. The largest absolute Gasteiger partial charge is 0.371 e. The molecule has 1 aromatic carbocycles. The lowest BCUT2D eigenvalue weighted by molar-refractivity contribution is 0.0939. The lowest BCUT2D eigenvalue weighted by atomic mass is 10.1. The molecule has 28 heavy (non-hydrogen) atoms. The normalized spacial score (nSPS) is 17.4. The van der Waals surface area contributed by atoms with Gasteiger partial charge in [-0.05, 0) is 49.8 Å². The lowest BCUT2D eigenvalue weighted by Crippen LogP contribution is -2.34. The third kappa shape index (κ3) is 3.91. The standard InChI is InChI=1S/C22H29FN4O/c1-2-19-21(27-12-4-3-5-20(27)25-19)22(28)24-15-16-6-8-18(9-7-16)26-13-10-17(23)11-14-26/h6-9,17H,2-5,10-15H2,1H3,(H,24,28). The molecule has 1 aromatic heterocycles. The van der Waals surface area contributed by atoms with Crippen molar-refractivity contribution in [3.05, 3.63) is 47.0 Å². The van der Waals surface area contributed by atoms with Gasteiger partial charge in [0.2, 0.25) is 0 Å². The zero-order valence-electron chi connectivity index (χ0n) is 16.6. The Morgan fingerprint density at radius 2 is 1.93 bits per heavy atom. The first-order chi connectivity index (χ1) is 13.7. The minimum atomic E-state index is -0.659. The Balaban J connectivity index is 1.39. The number of aryl methyl sites for hydroxylation is 2. The molecule has 150 valence electrons. The van der Waals surface area contributed by atoms with E-state index in [1.54, 1.807) is 0 Å². The molecule has 0 unspecified atom stereocenters. The van der Waals surface area contributed by atoms with Crippen LogP contribution in [0, 0.1) is 0 Å². The summed E-state index contributed by atoms with van der Waals surface area (Å²) in [6.45, 7) is 4.97. The Labute approximate surface area is 165 Å². The van der Waals surface area contributed by atoms with Gasteiger partial charge < -0.3 is 14.8 Å². The number of benzene rings is 1. The number of rotatable bonds is 5. The molecular weight excluding hydrogens is 355 g/mol. The van der Waals surface area contributed by atoms with Gasteiger partial charge in [-0.25, -0.2) is 9.37 Å². The van der Waals surface area contributed by atoms with Crippen LogP contribution in [0.4, 0.5) is 10.1 Å². The second kappa shape index (κ2) is 8.33. The van der Waals surface area contributed by atoms with Crippen LogP contribution in [-0.4, -0.2) is 34.7 Å². The molecule has 4 rings (SSSR count). The Bertz CT molecular complexity index is 822. The summed E-state index contributed by atoms with van der Waals surface area (Å²) < 4.78 is 15.4. The maximum Gasteiger partial charge on any atom is 0.270 e. The van der Waals surface area contributed by atoms with E-state index in [0.29, 0.717) is 19.4 Å². The number of halogens is 1. The highest BCUT2D eigenvalue weighted by atomic mass is 19.1. The molecule has 2 aliphatic heterocycles. The monoisotopic (exact) mass is 384 g/mol. The van der Waals surface area contributed by atoms with Crippen LogP contribution in [0.1, 0.15) is 60.2 Å². The van der Waals surface area contributed by atoms with E-state index >= 15 is 0 Å². The highest BCUT2D eigenvalue weighted by molar-refractivity contribution is 5.94. The quantitative estimate of drug-likeness (QED) is 0.856. The van der Waals surface area contributed by atoms with Gasteiger partial charge in [-0.3, -0.25) is 4.79 Å². The second-order valence-corrected chi connectivity index (χ2v) is 7.80. The maximum atomic E-state index is 13.3. The molecule has 0 saturated carbocycles. The summed E-state index contributed by atoms with van der Waals surface area (Å²) in [7, 11) is 0. The zero-order valence-corrected chi connectivity index (χ0v) is 16.6. The summed E-state index contributed by atoms with van der Waals surface area (Å²) in [4.78, 5) is 19.8. The van der Waals surface area contributed by atoms with Crippen molar-refractivity contribution in [3.8, 4) is 0 Å². The first kappa shape index (κ1) is 19.0. The predicted molar refractivity (Wildman–Crippen MR) is 108 cm³/mol. The van der Waals surface area contributed by atoms with Crippen molar-refractivity contribution in [3.63, 3.8) is 0 Å². The van der Waals surface area contributed by atoms with Gasteiger partial charge in [-0.1, -0.05) is 19.1 Å². The summed E-state index contributed by atoms with van der Waals surface area (Å²) in [5.74, 6) is 1.02. The van der Waals surface area contributed by atoms with Crippen molar-refractivity contribution < 1.29 is 9.18 Å². The van der Waals surface area contributed by atoms with Crippen molar-refractivity contribution >= 4 is 11.6 Å². The number of hydrogen-bond donors (Lipinski definition) is 1. The van der Waals surface area contributed by atoms with Crippen LogP contribution in [0.5, 0.6) is 0 Å². The highest BCUT2D eigenvalue weighted by Gasteiger charge is 2.23. The molecule has 3 heterocycles. The van der Waals surface area contributed by atoms with E-state index in [4.69, 9.17) is 0 Å². The van der Waals surface area contributed by atoms with Crippen molar-refractivity contribution in [1.29, 1.82) is 0 Å². The summed E-state index contributed by atoms with van der Waals surface area (Å²) in [6, 6.07) is 8.23. The minimum Gasteiger partial charge on any atom is -0.371 e. The third-order valence-electron chi connectivity index (χ3n) is 5.88. The molecule has 0 spiro atoms. The van der Waals surface area contributed by atoms with Crippen molar-refractivity contribution in [2.75, 3.05) is 18.0 Å². The molecule has 0 aliphatic carbocycles. The van der Waals surface area contributed by atoms with Crippen molar-refractivity contribution in [2.24, 2.45) is 0 Å². The molecular formula is C22H29FN4O. The second-order valence-electron chi connectivity index (χ2n) is 7.80. The number of imidazole rings is 1. The zero-order chi connectivity index (χ0) is 19.5. The predicted octanol–water partition coefficient (Wildman–Crippen LogP) is 3.65. The maximum absolute atomic E-state index is 13.3. The van der Waals surface area contributed by atoms with E-state index in [1.165, 1.54) is 0 Å². The Hall–Kier alpha value is -2.37. The van der Waals surface area contributed by atoms with Gasteiger partial charge in [0.15, 0.2) is 0 Å². The van der Waals surface area contributed by atoms with Crippen LogP contribution >= 0.6 is 0 Å². The third-order valence-corrected chi connectivity index (χ3v) is 5.88. The van der Waals surface area contributed by atoms with Crippen LogP contribution in [0.15, 0.2) is 24.3 Å². The van der Waals surface area contributed by atoms with Crippen LogP contribution in [0.2, 0.25) is 0 Å². The Morgan fingerprint density at radius 3 is 2.64 bits per heavy atom. The smallest absolute Gasteiger partial charge is 0.270 e. The first-order valence-corrected chi connectivity index (χ1v) is 10.5. The van der Waals surface area contributed by atoms with Gasteiger partial charge in [0, 0.05) is 38.3 Å². The topological polar surface area (TPSA) is 50.2 Å². The summed E-state index contributed by atoms with van der Waals surface area (Å²) in [5, 5.41) is 3.07. The fraction of sp³-hybridized carbons (Fsp3) is 0.545. The van der Waals surface area contributed by atoms with Gasteiger partial charge in [-0.15, -0.1) is 0 Å². The highest BCUT2D eigenvalue weighted by Crippen LogP contribution is 2.23. The number of amides is 1. The van der Waals surface area contributed by atoms with Gasteiger partial charge in [-0.2, -0.15) is 0 Å². The van der Waals surface area contributed by atoms with Gasteiger partial charge in [0.1, 0.15) is 17.7 Å². The molecule has 1 fully saturated rings. The average molecular weight is 384 g/mol. The first-order valence-electron chi connectivity index (χ1n) is 10.5. The number of anilines is 1. The summed E-state index contributed by atoms with van der Waals surface area (Å²) in [6.07, 6.45) is 4.53. The molecule has 2 aromatic rings. The molecule has 0 radical (unpaired) electrons. The summed E-state index contributed by atoms with van der Waals surface area (Å²) in [5.41, 5.74) is 3.83. The van der Waals surface area contributed by atoms with E-state index in [2.05, 4.69) is 38.8 Å². The molecule has 6 heteroatoms. The molecule has 0 bridgehead atoms. The van der Waals surface area contributed by atoms with Gasteiger partial charge >= 0.3 is 0 Å². The van der Waals surface area contributed by atoms with Crippen LogP contribution < -0.4 is 10.2 Å². The molecule has 1 saturated heterocycles. The number of aromatic nitrogens is 2. The number of carbonyl (C=O) groups excluding carboxylic acids is 1. The Kier molecular flexibility index (Phi) is 5.64. The van der Waals surface area contributed by atoms with E-state index in [-0.39, 0.29) is 5.91 Å². The molecule has 2 aliphatic rings. The lowest BCUT2D eigenvalue weighted by Gasteiger charge is -2.30. The van der Waals surface area contributed by atoms with E-state index in [9.17, 15) is 9.18 Å². The van der Waals surface area contributed by atoms with Crippen molar-refractivity contribution in [2.45, 2.75) is 64.7 Å². The number of carbonyl (C=O) groups is 1. The number of piperidine rings is 1. The van der Waals surface area contributed by atoms with E-state index in [1.807, 2.05) is 12.1 Å². The minimum absolute atomic E-state index is 0.0356. The SMILES string of the molecule is CCc1nc2n(c1C(=O)NCc1ccc(N3CCC(F)CC3)cc1)CCCC2. The number of nitrogens with zero attached hydrogens (tertiary/aromatic N) is 3. The number of fused-ring (bicyclic) bond motifs is 1. The van der Waals surface area contributed by atoms with Crippen LogP contribution in [0.25, 0.3) is 0 Å². The van der Waals surface area contributed by atoms with Crippen LogP contribution in [0.3, 0.4) is 0 Å². The summed E-state index contributed by atoms with van der Waals surface area (Å²) >= 11 is 0. The van der Waals surface area contributed by atoms with Crippen LogP contribution in [-0.2, 0) is 25.9 Å². The Morgan fingerprint density at radius 1 is 1.18 bits per heavy atom. The van der Waals surface area contributed by atoms with Gasteiger partial charge in [0.25, 0.3) is 5.91 Å². The number of nitrogens with one attached hydrogen (secondary N) is 1. The number of hydrogen-bond acceptors (Lipinski definition) is 3. The molecule has 1 amide bonds. The van der Waals surface area contributed by atoms with E-state index in [0.717, 1.165) is 73.8 Å². The van der Waals surface area contributed by atoms with Crippen molar-refractivity contribution in [1.82, 2.24) is 14.9 Å². The average Bonchev–Trinajstić information content (AvgIpc) is 3.12. The van der Waals surface area contributed by atoms with Gasteiger partial charge in [0.05, 0.1) is 5.69 Å². The fourth-order valence-electron chi connectivity index (χ4n) is 4.24. The number of alkyl halides is 1. The molecule has 0 atom stereocenters. The van der Waals surface area contributed by atoms with E-state index < -0.39 is 6.17 Å².